The van der Waals surface area contributed by atoms with Crippen molar-refractivity contribution in [1.82, 2.24) is 19.8 Å². The van der Waals surface area contributed by atoms with Crippen LogP contribution in [0.5, 0.6) is 5.75 Å². The summed E-state index contributed by atoms with van der Waals surface area (Å²) in [5.74, 6) is -1.40. The zero-order chi connectivity index (χ0) is 28.0. The summed E-state index contributed by atoms with van der Waals surface area (Å²) in [6, 6.07) is 2.62. The van der Waals surface area contributed by atoms with Crippen LogP contribution in [-0.2, 0) is 9.59 Å². The Morgan fingerprint density at radius 3 is 2.55 bits per heavy atom. The van der Waals surface area contributed by atoms with Gasteiger partial charge in [0.2, 0.25) is 5.91 Å². The molecule has 4 atom stereocenters. The van der Waals surface area contributed by atoms with E-state index in [0.717, 1.165) is 12.5 Å². The average molecular weight is 538 g/mol. The first kappa shape index (κ1) is 27.9. The van der Waals surface area contributed by atoms with Gasteiger partial charge < -0.3 is 20.1 Å². The van der Waals surface area contributed by atoms with E-state index >= 15 is 0 Å². The van der Waals surface area contributed by atoms with Crippen LogP contribution >= 0.6 is 0 Å². The number of alkyl halides is 3. The highest BCUT2D eigenvalue weighted by atomic mass is 19.4. The summed E-state index contributed by atoms with van der Waals surface area (Å²) in [6.45, 7) is 8.36. The van der Waals surface area contributed by atoms with Gasteiger partial charge in [-0.1, -0.05) is 0 Å². The number of nitrogens with one attached hydrogen (secondary N) is 1. The van der Waals surface area contributed by atoms with Crippen LogP contribution in [0, 0.1) is 5.41 Å². The van der Waals surface area contributed by atoms with Gasteiger partial charge in [0.25, 0.3) is 0 Å². The van der Waals surface area contributed by atoms with Gasteiger partial charge in [0.05, 0.1) is 10.9 Å². The maximum Gasteiger partial charge on any atom is 0.573 e. The number of aromatic nitrogens is 2. The monoisotopic (exact) mass is 537 g/mol. The number of carbonyl (C=O) groups is 2. The molecule has 1 aromatic carbocycles. The second-order valence-electron chi connectivity index (χ2n) is 11.4. The third kappa shape index (κ3) is 5.50. The van der Waals surface area contributed by atoms with Crippen LogP contribution < -0.4 is 10.1 Å². The Morgan fingerprint density at radius 2 is 1.92 bits per heavy atom. The molecule has 0 spiro atoms. The number of nitrogens with zero attached hydrogens (tertiary/aromatic N) is 4. The molecule has 0 bridgehead atoms. The second kappa shape index (κ2) is 9.87. The maximum atomic E-state index is 13.5. The molecule has 1 saturated carbocycles. The molecule has 1 saturated heterocycles. The number of halogens is 3. The zero-order valence-corrected chi connectivity index (χ0v) is 22.2. The summed E-state index contributed by atoms with van der Waals surface area (Å²) >= 11 is 0. The Kier molecular flexibility index (Phi) is 7.24. The highest BCUT2D eigenvalue weighted by molar-refractivity contribution is 5.94. The second-order valence-corrected chi connectivity index (χ2v) is 11.4. The topological polar surface area (TPSA) is 108 Å². The van der Waals surface area contributed by atoms with E-state index in [1.165, 1.54) is 18.5 Å². The molecular weight excluding hydrogens is 503 g/mol. The number of hydrogen-bond acceptors (Lipinski definition) is 7. The van der Waals surface area contributed by atoms with Crippen molar-refractivity contribution in [2.24, 2.45) is 5.41 Å². The van der Waals surface area contributed by atoms with Gasteiger partial charge in [0.15, 0.2) is 0 Å². The van der Waals surface area contributed by atoms with Gasteiger partial charge in [-0.05, 0) is 78.6 Å². The van der Waals surface area contributed by atoms with Crippen molar-refractivity contribution in [3.05, 3.63) is 24.5 Å². The van der Waals surface area contributed by atoms with Crippen molar-refractivity contribution in [2.45, 2.75) is 83.4 Å². The number of fused-ring (bicyclic) bond motifs is 1. The number of anilines is 1. The van der Waals surface area contributed by atoms with E-state index in [-0.39, 0.29) is 28.7 Å². The number of benzene rings is 1. The van der Waals surface area contributed by atoms with E-state index in [4.69, 9.17) is 0 Å². The fraction of sp³-hybridized carbons (Fsp3) is 0.615. The first-order valence-corrected chi connectivity index (χ1v) is 12.6. The number of carboxylic acids is 1. The minimum Gasteiger partial charge on any atom is -0.481 e. The van der Waals surface area contributed by atoms with E-state index in [1.54, 1.807) is 11.8 Å². The van der Waals surface area contributed by atoms with E-state index in [0.29, 0.717) is 31.3 Å². The summed E-state index contributed by atoms with van der Waals surface area (Å²) in [7, 11) is 2.01. The molecule has 2 aromatic rings. The Hall–Kier alpha value is -3.15. The number of rotatable bonds is 6. The Bertz CT molecular complexity index is 1220. The third-order valence-electron chi connectivity index (χ3n) is 8.03. The Labute approximate surface area is 219 Å². The molecule has 1 aliphatic carbocycles. The number of carboxylic acid groups (broad SMARTS) is 1. The smallest absolute Gasteiger partial charge is 0.481 e. The summed E-state index contributed by atoms with van der Waals surface area (Å²) < 4.78 is 42.2. The fourth-order valence-electron chi connectivity index (χ4n) is 5.66. The first-order valence-electron chi connectivity index (χ1n) is 12.6. The standard InChI is InChI=1S/C26H34F3N5O4/c1-24(2,3)33(5)15-6-9-20(25(4,13-15)23(36)37)34-11-10-19(22(34)35)32-21-17-12-16(38-26(27,28)29)7-8-18(17)30-14-31-21/h7-8,12,14-15,19-20H,6,9-11,13H2,1-5H3,(H,36,37)(H,30,31,32)/t15?,19-,20?,25?/m0/s1. The van der Waals surface area contributed by atoms with Crippen molar-refractivity contribution in [1.29, 1.82) is 0 Å². The number of carbonyl (C=O) groups excluding carboxylic acids is 1. The number of hydrogen-bond donors (Lipinski definition) is 2. The highest BCUT2D eigenvalue weighted by Crippen LogP contribution is 2.43. The molecule has 2 fully saturated rings. The van der Waals surface area contributed by atoms with Crippen LogP contribution in [0.4, 0.5) is 19.0 Å². The number of amides is 1. The molecule has 12 heteroatoms. The summed E-state index contributed by atoms with van der Waals surface area (Å²) in [5, 5.41) is 13.6. The lowest BCUT2D eigenvalue weighted by Gasteiger charge is -2.50. The molecule has 1 aliphatic heterocycles. The van der Waals surface area contributed by atoms with E-state index in [1.807, 2.05) is 7.05 Å². The molecule has 208 valence electrons. The van der Waals surface area contributed by atoms with Crippen molar-refractivity contribution >= 4 is 28.6 Å². The molecule has 4 rings (SSSR count). The molecule has 1 aromatic heterocycles. The Morgan fingerprint density at radius 1 is 1.21 bits per heavy atom. The molecular formula is C26H34F3N5O4. The van der Waals surface area contributed by atoms with Crippen LogP contribution in [0.2, 0.25) is 0 Å². The number of ether oxygens (including phenoxy) is 1. The molecule has 2 aliphatic rings. The normalized spacial score (nSPS) is 26.7. The van der Waals surface area contributed by atoms with Crippen LogP contribution in [-0.4, -0.2) is 80.4 Å². The molecule has 1 amide bonds. The summed E-state index contributed by atoms with van der Waals surface area (Å²) in [6.07, 6.45) is -1.44. The van der Waals surface area contributed by atoms with Crippen LogP contribution in [0.1, 0.15) is 53.4 Å². The predicted molar refractivity (Wildman–Crippen MR) is 135 cm³/mol. The minimum absolute atomic E-state index is 0.0690. The SMILES string of the molecule is CN(C1CCC(N2CC[C@H](Nc3ncnc4ccc(OC(F)(F)F)cc34)C2=O)C(C)(C(=O)O)C1)C(C)(C)C. The van der Waals surface area contributed by atoms with Gasteiger partial charge in [0.1, 0.15) is 23.9 Å². The van der Waals surface area contributed by atoms with Gasteiger partial charge in [-0.3, -0.25) is 14.5 Å². The van der Waals surface area contributed by atoms with Crippen LogP contribution in [0.3, 0.4) is 0 Å². The molecule has 2 heterocycles. The predicted octanol–water partition coefficient (Wildman–Crippen LogP) is 4.28. The van der Waals surface area contributed by atoms with Gasteiger partial charge in [-0.25, -0.2) is 9.97 Å². The summed E-state index contributed by atoms with van der Waals surface area (Å²) in [4.78, 5) is 38.2. The van der Waals surface area contributed by atoms with E-state index in [2.05, 4.69) is 45.7 Å². The van der Waals surface area contributed by atoms with Crippen molar-refractivity contribution in [2.75, 3.05) is 18.9 Å². The first-order chi connectivity index (χ1) is 17.6. The van der Waals surface area contributed by atoms with Gasteiger partial charge >= 0.3 is 12.3 Å². The Balaban J connectivity index is 1.54. The maximum absolute atomic E-state index is 13.5. The lowest BCUT2D eigenvalue weighted by Crippen LogP contribution is -2.59. The average Bonchev–Trinajstić information content (AvgIpc) is 3.16. The molecule has 38 heavy (non-hydrogen) atoms. The number of aliphatic carboxylic acids is 1. The third-order valence-corrected chi connectivity index (χ3v) is 8.03. The summed E-state index contributed by atoms with van der Waals surface area (Å²) in [5.41, 5.74) is -0.863. The number of likely N-dealkylation sites (tertiary alicyclic amines) is 1. The largest absolute Gasteiger partial charge is 0.573 e. The van der Waals surface area contributed by atoms with Crippen molar-refractivity contribution in [3.63, 3.8) is 0 Å². The molecule has 9 nitrogen and oxygen atoms in total. The van der Waals surface area contributed by atoms with Gasteiger partial charge in [-0.15, -0.1) is 13.2 Å². The quantitative estimate of drug-likeness (QED) is 0.562. The molecule has 2 N–H and O–H groups in total. The molecule has 3 unspecified atom stereocenters. The lowest BCUT2D eigenvalue weighted by molar-refractivity contribution is -0.274. The van der Waals surface area contributed by atoms with E-state index in [9.17, 15) is 27.9 Å². The van der Waals surface area contributed by atoms with E-state index < -0.39 is 35.6 Å². The van der Waals surface area contributed by atoms with Gasteiger partial charge in [-0.2, -0.15) is 0 Å². The highest BCUT2D eigenvalue weighted by Gasteiger charge is 2.53. The molecule has 0 radical (unpaired) electrons. The van der Waals surface area contributed by atoms with Crippen molar-refractivity contribution in [3.8, 4) is 5.75 Å². The van der Waals surface area contributed by atoms with Crippen LogP contribution in [0.25, 0.3) is 10.9 Å². The van der Waals surface area contributed by atoms with Gasteiger partial charge in [0, 0.05) is 29.6 Å². The fourth-order valence-corrected chi connectivity index (χ4v) is 5.66. The lowest BCUT2D eigenvalue weighted by atomic mass is 9.68. The van der Waals surface area contributed by atoms with Crippen molar-refractivity contribution < 1.29 is 32.6 Å². The van der Waals surface area contributed by atoms with Crippen LogP contribution in [0.15, 0.2) is 24.5 Å². The zero-order valence-electron chi connectivity index (χ0n) is 22.2. The minimum atomic E-state index is -4.85.